The number of nitrogens with zero attached hydrogens (tertiary/aromatic N) is 1. The first-order chi connectivity index (χ1) is 14.9. The van der Waals surface area contributed by atoms with Crippen LogP contribution in [-0.2, 0) is 4.79 Å². The number of halogens is 1. The molecule has 0 aliphatic heterocycles. The van der Waals surface area contributed by atoms with E-state index in [1.807, 2.05) is 55.5 Å². The molecule has 0 spiro atoms. The van der Waals surface area contributed by atoms with E-state index in [1.165, 1.54) is 4.90 Å². The van der Waals surface area contributed by atoms with Crippen molar-refractivity contribution in [3.05, 3.63) is 66.2 Å². The first kappa shape index (κ1) is 24.8. The number of benzene rings is 3. The van der Waals surface area contributed by atoms with Gasteiger partial charge in [0.25, 0.3) is 0 Å². The normalized spacial score (nSPS) is 11.1. The van der Waals surface area contributed by atoms with Gasteiger partial charge in [0.05, 0.1) is 20.3 Å². The van der Waals surface area contributed by atoms with Gasteiger partial charge in [0.15, 0.2) is 0 Å². The Balaban J connectivity index is 0.00000363. The molecule has 0 heterocycles. The van der Waals surface area contributed by atoms with E-state index in [2.05, 4.69) is 10.6 Å². The first-order valence-electron chi connectivity index (χ1n) is 9.94. The van der Waals surface area contributed by atoms with Crippen LogP contribution >= 0.6 is 12.4 Å². The van der Waals surface area contributed by atoms with Crippen molar-refractivity contribution in [2.45, 2.75) is 13.0 Å². The van der Waals surface area contributed by atoms with Crippen LogP contribution in [0.25, 0.3) is 10.8 Å². The number of carbonyl (C=O) groups excluding carboxylic acids is 2. The fourth-order valence-electron chi connectivity index (χ4n) is 3.36. The van der Waals surface area contributed by atoms with Gasteiger partial charge in [-0.1, -0.05) is 36.4 Å². The molecule has 32 heavy (non-hydrogen) atoms. The zero-order valence-electron chi connectivity index (χ0n) is 18.5. The second-order valence-corrected chi connectivity index (χ2v) is 7.21. The van der Waals surface area contributed by atoms with Gasteiger partial charge in [0, 0.05) is 23.7 Å². The number of nitrogens with one attached hydrogen (secondary N) is 2. The van der Waals surface area contributed by atoms with Gasteiger partial charge < -0.3 is 25.0 Å². The lowest BCUT2D eigenvalue weighted by Crippen LogP contribution is -2.42. The Labute approximate surface area is 194 Å². The largest absolute Gasteiger partial charge is 0.497 e. The van der Waals surface area contributed by atoms with Gasteiger partial charge in [-0.2, -0.15) is 0 Å². The lowest BCUT2D eigenvalue weighted by atomic mass is 10.1. The fraction of sp³-hybridized carbons (Fsp3) is 0.250. The fourth-order valence-corrected chi connectivity index (χ4v) is 3.36. The highest BCUT2D eigenvalue weighted by Crippen LogP contribution is 2.29. The number of likely N-dealkylation sites (N-methyl/N-ethyl adjacent to an activating group) is 1. The van der Waals surface area contributed by atoms with Gasteiger partial charge in [0.2, 0.25) is 5.91 Å². The van der Waals surface area contributed by atoms with Crippen LogP contribution in [0.5, 0.6) is 11.5 Å². The van der Waals surface area contributed by atoms with E-state index in [1.54, 1.807) is 33.4 Å². The maximum atomic E-state index is 12.6. The monoisotopic (exact) mass is 457 g/mol. The summed E-state index contributed by atoms with van der Waals surface area (Å²) < 4.78 is 10.7. The van der Waals surface area contributed by atoms with Crippen LogP contribution in [0.15, 0.2) is 60.7 Å². The summed E-state index contributed by atoms with van der Waals surface area (Å²) in [5.41, 5.74) is 1.50. The topological polar surface area (TPSA) is 79.9 Å². The second kappa shape index (κ2) is 11.2. The van der Waals surface area contributed by atoms with Crippen molar-refractivity contribution in [3.63, 3.8) is 0 Å². The molecule has 1 atom stereocenters. The number of amides is 3. The number of carbonyl (C=O) groups is 2. The molecule has 3 rings (SSSR count). The Morgan fingerprint density at radius 2 is 1.72 bits per heavy atom. The van der Waals surface area contributed by atoms with Crippen molar-refractivity contribution in [3.8, 4) is 11.5 Å². The van der Waals surface area contributed by atoms with Crippen LogP contribution in [0.4, 0.5) is 10.5 Å². The van der Waals surface area contributed by atoms with Crippen LogP contribution in [0, 0.1) is 0 Å². The number of methoxy groups -OCH3 is 2. The van der Waals surface area contributed by atoms with Crippen molar-refractivity contribution >= 4 is 40.8 Å². The van der Waals surface area contributed by atoms with Gasteiger partial charge in [0.1, 0.15) is 18.0 Å². The maximum absolute atomic E-state index is 12.6. The third kappa shape index (κ3) is 5.82. The first-order valence-corrected chi connectivity index (χ1v) is 9.94. The Morgan fingerprint density at radius 1 is 1.00 bits per heavy atom. The number of rotatable bonds is 7. The molecule has 3 aromatic carbocycles. The van der Waals surface area contributed by atoms with E-state index in [4.69, 9.17) is 9.47 Å². The number of urea groups is 1. The summed E-state index contributed by atoms with van der Waals surface area (Å²) in [4.78, 5) is 26.5. The lowest BCUT2D eigenvalue weighted by Gasteiger charge is -2.23. The predicted octanol–water partition coefficient (Wildman–Crippen LogP) is 4.62. The lowest BCUT2D eigenvalue weighted by molar-refractivity contribution is -0.116. The molecule has 8 heteroatoms. The molecule has 0 radical (unpaired) electrons. The summed E-state index contributed by atoms with van der Waals surface area (Å²) in [6, 6.07) is 18.2. The Hall–Kier alpha value is -3.45. The summed E-state index contributed by atoms with van der Waals surface area (Å²) >= 11 is 0. The van der Waals surface area contributed by atoms with Crippen molar-refractivity contribution in [1.82, 2.24) is 10.2 Å². The van der Waals surface area contributed by atoms with Gasteiger partial charge in [-0.3, -0.25) is 4.79 Å². The van der Waals surface area contributed by atoms with Gasteiger partial charge in [-0.05, 0) is 36.6 Å². The highest BCUT2D eigenvalue weighted by Gasteiger charge is 2.19. The molecular weight excluding hydrogens is 430 g/mol. The van der Waals surface area contributed by atoms with Crippen molar-refractivity contribution in [2.24, 2.45) is 0 Å². The van der Waals surface area contributed by atoms with E-state index in [0.29, 0.717) is 17.2 Å². The van der Waals surface area contributed by atoms with Crippen molar-refractivity contribution in [2.75, 3.05) is 33.1 Å². The minimum atomic E-state index is -0.370. The quantitative estimate of drug-likeness (QED) is 0.542. The molecule has 0 aliphatic carbocycles. The zero-order valence-corrected chi connectivity index (χ0v) is 19.4. The van der Waals surface area contributed by atoms with E-state index in [0.717, 1.165) is 16.3 Å². The average molecular weight is 458 g/mol. The Bertz CT molecular complexity index is 1080. The van der Waals surface area contributed by atoms with Gasteiger partial charge >= 0.3 is 6.03 Å². The molecule has 0 fully saturated rings. The highest BCUT2D eigenvalue weighted by molar-refractivity contribution is 6.03. The van der Waals surface area contributed by atoms with E-state index >= 15 is 0 Å². The smallest absolute Gasteiger partial charge is 0.318 e. The van der Waals surface area contributed by atoms with Crippen LogP contribution < -0.4 is 20.1 Å². The van der Waals surface area contributed by atoms with Crippen LogP contribution in [-0.4, -0.2) is 44.7 Å². The van der Waals surface area contributed by atoms with Gasteiger partial charge in [-0.15, -0.1) is 12.4 Å². The molecule has 0 saturated carbocycles. The molecule has 3 amide bonds. The molecule has 0 aliphatic rings. The third-order valence-electron chi connectivity index (χ3n) is 5.03. The second-order valence-electron chi connectivity index (χ2n) is 7.21. The summed E-state index contributed by atoms with van der Waals surface area (Å²) in [5, 5.41) is 7.77. The molecule has 3 aromatic rings. The van der Waals surface area contributed by atoms with Crippen LogP contribution in [0.1, 0.15) is 18.5 Å². The highest BCUT2D eigenvalue weighted by atomic mass is 35.5. The predicted molar refractivity (Wildman–Crippen MR) is 129 cm³/mol. The van der Waals surface area contributed by atoms with Crippen LogP contribution in [0.3, 0.4) is 0 Å². The van der Waals surface area contributed by atoms with E-state index in [-0.39, 0.29) is 36.9 Å². The molecule has 2 N–H and O–H groups in total. The van der Waals surface area contributed by atoms with E-state index < -0.39 is 0 Å². The molecule has 0 aromatic heterocycles. The Kier molecular flexibility index (Phi) is 8.72. The number of hydrogen-bond donors (Lipinski definition) is 2. The summed E-state index contributed by atoms with van der Waals surface area (Å²) in [6.45, 7) is 1.76. The van der Waals surface area contributed by atoms with Crippen molar-refractivity contribution in [1.29, 1.82) is 0 Å². The van der Waals surface area contributed by atoms with E-state index in [9.17, 15) is 9.59 Å². The average Bonchev–Trinajstić information content (AvgIpc) is 2.78. The maximum Gasteiger partial charge on any atom is 0.318 e. The molecule has 170 valence electrons. The minimum absolute atomic E-state index is 0. The molecule has 0 saturated heterocycles. The summed E-state index contributed by atoms with van der Waals surface area (Å²) in [7, 11) is 4.73. The number of fused-ring (bicyclic) bond motifs is 1. The van der Waals surface area contributed by atoms with Crippen LogP contribution in [0.2, 0.25) is 0 Å². The Morgan fingerprint density at radius 3 is 2.44 bits per heavy atom. The number of anilines is 1. The molecule has 1 unspecified atom stereocenters. The third-order valence-corrected chi connectivity index (χ3v) is 5.03. The minimum Gasteiger partial charge on any atom is -0.497 e. The summed E-state index contributed by atoms with van der Waals surface area (Å²) in [6.07, 6.45) is 0. The van der Waals surface area contributed by atoms with Crippen molar-refractivity contribution < 1.29 is 19.1 Å². The number of ether oxygens (including phenoxy) is 2. The zero-order chi connectivity index (χ0) is 22.4. The standard InChI is InChI=1S/C24H27N3O4.ClH/c1-16(20-14-18(30-3)12-13-22(20)31-4)25-24(29)27(2)15-23(28)26-21-11-7-9-17-8-5-6-10-19(17)21;/h5-14,16H,15H2,1-4H3,(H,25,29)(H,26,28);1H. The number of hydrogen-bond acceptors (Lipinski definition) is 4. The molecular formula is C24H28ClN3O4. The summed E-state index contributed by atoms with van der Waals surface area (Å²) in [5.74, 6) is 1.03. The van der Waals surface area contributed by atoms with Gasteiger partial charge in [-0.25, -0.2) is 4.79 Å². The molecule has 7 nitrogen and oxygen atoms in total. The molecule has 0 bridgehead atoms. The SMILES string of the molecule is COc1ccc(OC)c(C(C)NC(=O)N(C)CC(=O)Nc2cccc3ccccc23)c1.Cl.